The topological polar surface area (TPSA) is 45.5 Å². The minimum absolute atomic E-state index is 0.0598. The first-order valence-corrected chi connectivity index (χ1v) is 9.74. The molecule has 0 fully saturated rings. The molecule has 140 valence electrons. The fourth-order valence-corrected chi connectivity index (χ4v) is 3.96. The van der Waals surface area contributed by atoms with Gasteiger partial charge >= 0.3 is 0 Å². The molecule has 2 aromatic rings. The Morgan fingerprint density at radius 1 is 1.07 bits per heavy atom. The average molecular weight is 362 g/mol. The molecule has 0 saturated carbocycles. The van der Waals surface area contributed by atoms with E-state index in [1.54, 1.807) is 16.8 Å². The van der Waals surface area contributed by atoms with Gasteiger partial charge in [-0.3, -0.25) is 9.69 Å². The number of allylic oxidation sites excluding steroid dienone is 4. The van der Waals surface area contributed by atoms with Crippen LogP contribution in [0, 0.1) is 0 Å². The van der Waals surface area contributed by atoms with Gasteiger partial charge in [0.2, 0.25) is 0 Å². The van der Waals surface area contributed by atoms with Gasteiger partial charge in [-0.1, -0.05) is 42.5 Å². The molecule has 1 atom stereocenters. The van der Waals surface area contributed by atoms with Gasteiger partial charge in [0, 0.05) is 31.9 Å². The summed E-state index contributed by atoms with van der Waals surface area (Å²) in [5.41, 5.74) is 4.75. The molecule has 1 aromatic carbocycles. The predicted octanol–water partition coefficient (Wildman–Crippen LogP) is 3.00. The van der Waals surface area contributed by atoms with E-state index >= 15 is 0 Å². The van der Waals surface area contributed by atoms with Gasteiger partial charge < -0.3 is 9.67 Å². The monoisotopic (exact) mass is 362 g/mol. The van der Waals surface area contributed by atoms with Crippen LogP contribution in [0.3, 0.4) is 0 Å². The summed E-state index contributed by atoms with van der Waals surface area (Å²) in [7, 11) is 0. The molecule has 1 aliphatic heterocycles. The van der Waals surface area contributed by atoms with Crippen LogP contribution in [0.15, 0.2) is 65.6 Å². The molecule has 0 saturated heterocycles. The zero-order valence-electron chi connectivity index (χ0n) is 15.6. The summed E-state index contributed by atoms with van der Waals surface area (Å²) in [6, 6.07) is 12.1. The summed E-state index contributed by atoms with van der Waals surface area (Å²) >= 11 is 0. The third kappa shape index (κ3) is 4.29. The van der Waals surface area contributed by atoms with Gasteiger partial charge in [0.15, 0.2) is 0 Å². The Kier molecular flexibility index (Phi) is 5.37. The van der Waals surface area contributed by atoms with Gasteiger partial charge in [-0.2, -0.15) is 0 Å². The fourth-order valence-electron chi connectivity index (χ4n) is 3.96. The molecule has 0 bridgehead atoms. The maximum absolute atomic E-state index is 12.5. The number of aliphatic hydroxyl groups is 1. The zero-order chi connectivity index (χ0) is 18.6. The molecule has 2 aliphatic rings. The van der Waals surface area contributed by atoms with Gasteiger partial charge in [-0.25, -0.2) is 0 Å². The Balaban J connectivity index is 1.38. The highest BCUT2D eigenvalue weighted by Crippen LogP contribution is 2.20. The van der Waals surface area contributed by atoms with Crippen LogP contribution in [0.1, 0.15) is 29.5 Å². The van der Waals surface area contributed by atoms with Gasteiger partial charge in [0.05, 0.1) is 12.6 Å². The molecular formula is C23H26N2O2. The number of rotatable bonds is 5. The second-order valence-corrected chi connectivity index (χ2v) is 7.45. The minimum atomic E-state index is -0.562. The van der Waals surface area contributed by atoms with Crippen molar-refractivity contribution < 1.29 is 5.11 Å². The SMILES string of the molecule is O=c1cc(C2=CCCC=C2)ccn1CC(O)CN1CCc2ccccc2C1. The number of hydrogen-bond acceptors (Lipinski definition) is 3. The molecule has 1 N–H and O–H groups in total. The van der Waals surface area contributed by atoms with E-state index < -0.39 is 6.10 Å². The van der Waals surface area contributed by atoms with E-state index in [0.717, 1.165) is 43.5 Å². The first kappa shape index (κ1) is 18.0. The predicted molar refractivity (Wildman–Crippen MR) is 108 cm³/mol. The lowest BCUT2D eigenvalue weighted by Gasteiger charge is -2.30. The molecule has 0 radical (unpaired) electrons. The fraction of sp³-hybridized carbons (Fsp3) is 0.348. The van der Waals surface area contributed by atoms with Crippen LogP contribution < -0.4 is 5.56 Å². The normalized spacial score (nSPS) is 18.0. The first-order valence-electron chi connectivity index (χ1n) is 9.74. The second kappa shape index (κ2) is 8.07. The molecule has 4 rings (SSSR count). The lowest BCUT2D eigenvalue weighted by molar-refractivity contribution is 0.0910. The summed E-state index contributed by atoms with van der Waals surface area (Å²) in [5, 5.41) is 10.5. The number of fused-ring (bicyclic) bond motifs is 1. The standard InChI is InChI=1S/C23H26N2O2/c26-22(16-24-12-10-19-8-4-5-9-21(19)15-24)17-25-13-11-20(14-23(25)27)18-6-2-1-3-7-18/h2,4-9,11,13-14,22,26H,1,3,10,12,15-17H2. The number of aromatic nitrogens is 1. The zero-order valence-corrected chi connectivity index (χ0v) is 15.6. The molecule has 27 heavy (non-hydrogen) atoms. The summed E-state index contributed by atoms with van der Waals surface area (Å²) in [6.45, 7) is 2.71. The Hall–Kier alpha value is -2.43. The third-order valence-corrected chi connectivity index (χ3v) is 5.41. The Morgan fingerprint density at radius 3 is 2.70 bits per heavy atom. The van der Waals surface area contributed by atoms with Crippen molar-refractivity contribution in [1.29, 1.82) is 0 Å². The van der Waals surface area contributed by atoms with Crippen LogP contribution in [-0.4, -0.2) is 33.8 Å². The average Bonchev–Trinajstić information content (AvgIpc) is 2.70. The maximum Gasteiger partial charge on any atom is 0.251 e. The summed E-state index contributed by atoms with van der Waals surface area (Å²) in [6.07, 6.45) is 10.7. The van der Waals surface area contributed by atoms with Crippen molar-refractivity contribution in [2.75, 3.05) is 13.1 Å². The van der Waals surface area contributed by atoms with Crippen molar-refractivity contribution in [1.82, 2.24) is 9.47 Å². The number of benzene rings is 1. The van der Waals surface area contributed by atoms with Gasteiger partial charge in [0.1, 0.15) is 0 Å². The highest BCUT2D eigenvalue weighted by atomic mass is 16.3. The molecular weight excluding hydrogens is 336 g/mol. The minimum Gasteiger partial charge on any atom is -0.390 e. The molecule has 0 spiro atoms. The van der Waals surface area contributed by atoms with E-state index in [0.29, 0.717) is 13.1 Å². The van der Waals surface area contributed by atoms with Gasteiger partial charge in [-0.15, -0.1) is 0 Å². The van der Waals surface area contributed by atoms with E-state index in [2.05, 4.69) is 47.4 Å². The largest absolute Gasteiger partial charge is 0.390 e. The van der Waals surface area contributed by atoms with E-state index in [4.69, 9.17) is 0 Å². The lowest BCUT2D eigenvalue weighted by Crippen LogP contribution is -2.39. The number of nitrogens with zero attached hydrogens (tertiary/aromatic N) is 2. The van der Waals surface area contributed by atoms with Gasteiger partial charge in [-0.05, 0) is 47.6 Å². The lowest BCUT2D eigenvalue weighted by atomic mass is 10.00. The van der Waals surface area contributed by atoms with Crippen molar-refractivity contribution in [2.24, 2.45) is 0 Å². The molecule has 1 aliphatic carbocycles. The smallest absolute Gasteiger partial charge is 0.251 e. The van der Waals surface area contributed by atoms with E-state index in [-0.39, 0.29) is 5.56 Å². The third-order valence-electron chi connectivity index (χ3n) is 5.41. The second-order valence-electron chi connectivity index (χ2n) is 7.45. The van der Waals surface area contributed by atoms with Crippen LogP contribution in [0.5, 0.6) is 0 Å². The van der Waals surface area contributed by atoms with Crippen LogP contribution >= 0.6 is 0 Å². The maximum atomic E-state index is 12.5. The van der Waals surface area contributed by atoms with Gasteiger partial charge in [0.25, 0.3) is 5.56 Å². The number of pyridine rings is 1. The summed E-state index contributed by atoms with van der Waals surface area (Å²) in [4.78, 5) is 14.7. The quantitative estimate of drug-likeness (QED) is 0.889. The summed E-state index contributed by atoms with van der Waals surface area (Å²) in [5.74, 6) is 0. The number of β-amino-alcohol motifs (C(OH)–C–C–N with tert-alkyl or cyclic N) is 1. The van der Waals surface area contributed by atoms with Crippen LogP contribution in [-0.2, 0) is 19.5 Å². The van der Waals surface area contributed by atoms with Crippen molar-refractivity contribution in [2.45, 2.75) is 38.5 Å². The molecule has 2 heterocycles. The Labute approximate surface area is 160 Å². The van der Waals surface area contributed by atoms with E-state index in [9.17, 15) is 9.90 Å². The highest BCUT2D eigenvalue weighted by Gasteiger charge is 2.19. The molecule has 1 aromatic heterocycles. The number of hydrogen-bond donors (Lipinski definition) is 1. The van der Waals surface area contributed by atoms with Crippen molar-refractivity contribution in [3.63, 3.8) is 0 Å². The molecule has 4 nitrogen and oxygen atoms in total. The summed E-state index contributed by atoms with van der Waals surface area (Å²) < 4.78 is 1.61. The van der Waals surface area contributed by atoms with E-state index in [1.165, 1.54) is 11.1 Å². The van der Waals surface area contributed by atoms with Crippen LogP contribution in [0.4, 0.5) is 0 Å². The van der Waals surface area contributed by atoms with Crippen LogP contribution in [0.25, 0.3) is 5.57 Å². The highest BCUT2D eigenvalue weighted by molar-refractivity contribution is 5.74. The Bertz CT molecular complexity index is 926. The van der Waals surface area contributed by atoms with Crippen molar-refractivity contribution in [3.05, 3.63) is 87.9 Å². The van der Waals surface area contributed by atoms with Crippen molar-refractivity contribution in [3.8, 4) is 0 Å². The van der Waals surface area contributed by atoms with E-state index in [1.807, 2.05) is 6.07 Å². The Morgan fingerprint density at radius 2 is 1.93 bits per heavy atom. The molecule has 4 heteroatoms. The van der Waals surface area contributed by atoms with Crippen LogP contribution in [0.2, 0.25) is 0 Å². The first-order chi connectivity index (χ1) is 13.2. The molecule has 1 unspecified atom stereocenters. The number of aliphatic hydroxyl groups excluding tert-OH is 1. The molecule has 0 amide bonds. The van der Waals surface area contributed by atoms with Crippen molar-refractivity contribution >= 4 is 5.57 Å².